The number of halogens is 3. The van der Waals surface area contributed by atoms with Gasteiger partial charge in [-0.05, 0) is 25.1 Å². The lowest BCUT2D eigenvalue weighted by Gasteiger charge is -2.10. The van der Waals surface area contributed by atoms with E-state index in [0.717, 1.165) is 22.9 Å². The van der Waals surface area contributed by atoms with Gasteiger partial charge in [0.1, 0.15) is 17.4 Å². The number of hydrogen-bond donors (Lipinski definition) is 0. The first-order valence-electron chi connectivity index (χ1n) is 6.86. The summed E-state index contributed by atoms with van der Waals surface area (Å²) >= 11 is 0. The molecule has 8 heteroatoms. The van der Waals surface area contributed by atoms with Gasteiger partial charge in [0, 0.05) is 18.5 Å². The lowest BCUT2D eigenvalue weighted by Crippen LogP contribution is -2.25. The second-order valence-electron chi connectivity index (χ2n) is 4.58. The van der Waals surface area contributed by atoms with Gasteiger partial charge in [-0.25, -0.2) is 13.9 Å². The summed E-state index contributed by atoms with van der Waals surface area (Å²) in [6.45, 7) is 0.941. The molecule has 22 heavy (non-hydrogen) atoms. The molecule has 0 aliphatic rings. The lowest BCUT2D eigenvalue weighted by molar-refractivity contribution is -0.0505. The molecule has 0 aliphatic heterocycles. The molecule has 0 fully saturated rings. The molecule has 0 spiro atoms. The van der Waals surface area contributed by atoms with Crippen molar-refractivity contribution in [3.63, 3.8) is 0 Å². The Morgan fingerprint density at radius 3 is 2.59 bits per heavy atom. The Morgan fingerprint density at radius 2 is 2.05 bits per heavy atom. The summed E-state index contributed by atoms with van der Waals surface area (Å²) in [7, 11) is 0. The Labute approximate surface area is 124 Å². The van der Waals surface area contributed by atoms with Gasteiger partial charge >= 0.3 is 12.3 Å². The Hall–Kier alpha value is -2.25. The fourth-order valence-electron chi connectivity index (χ4n) is 2.21. The van der Waals surface area contributed by atoms with Crippen molar-refractivity contribution in [2.75, 3.05) is 0 Å². The maximum absolute atomic E-state index is 13.3. The zero-order valence-corrected chi connectivity index (χ0v) is 12.2. The van der Waals surface area contributed by atoms with Crippen LogP contribution in [-0.2, 0) is 19.5 Å². The third-order valence-corrected chi connectivity index (χ3v) is 3.19. The maximum Gasteiger partial charge on any atom is 0.387 e. The van der Waals surface area contributed by atoms with E-state index >= 15 is 0 Å². The summed E-state index contributed by atoms with van der Waals surface area (Å²) in [5.74, 6) is -0.192. The summed E-state index contributed by atoms with van der Waals surface area (Å²) in [4.78, 5) is 12.2. The Balaban J connectivity index is 2.40. The van der Waals surface area contributed by atoms with Crippen LogP contribution in [-0.4, -0.2) is 21.0 Å². The zero-order chi connectivity index (χ0) is 16.3. The van der Waals surface area contributed by atoms with Crippen molar-refractivity contribution in [1.82, 2.24) is 14.3 Å². The van der Waals surface area contributed by atoms with Gasteiger partial charge in [0.05, 0.1) is 6.54 Å². The largest absolute Gasteiger partial charge is 0.434 e. The van der Waals surface area contributed by atoms with Crippen LogP contribution >= 0.6 is 0 Å². The second kappa shape index (κ2) is 6.67. The summed E-state index contributed by atoms with van der Waals surface area (Å²) < 4.78 is 45.1. The standard InChI is InChI=1S/C14H16F3N3O2/c1-3-12-18-20(14(21)19(12)4-2)8-9-7-10(15)5-6-11(9)22-13(16)17/h5-7,13H,3-4,8H2,1-2H3. The predicted octanol–water partition coefficient (Wildman–Crippen LogP) is 2.42. The molecule has 0 N–H and O–H groups in total. The van der Waals surface area contributed by atoms with Crippen molar-refractivity contribution in [1.29, 1.82) is 0 Å². The van der Waals surface area contributed by atoms with Crippen LogP contribution in [0.3, 0.4) is 0 Å². The summed E-state index contributed by atoms with van der Waals surface area (Å²) in [6.07, 6.45) is 0.555. The number of benzene rings is 1. The highest BCUT2D eigenvalue weighted by Gasteiger charge is 2.15. The smallest absolute Gasteiger partial charge is 0.387 e. The van der Waals surface area contributed by atoms with E-state index in [0.29, 0.717) is 18.8 Å². The molecule has 0 bridgehead atoms. The second-order valence-corrected chi connectivity index (χ2v) is 4.58. The molecule has 5 nitrogen and oxygen atoms in total. The number of ether oxygens (including phenoxy) is 1. The third-order valence-electron chi connectivity index (χ3n) is 3.19. The monoisotopic (exact) mass is 315 g/mol. The molecule has 120 valence electrons. The van der Waals surface area contributed by atoms with Crippen molar-refractivity contribution in [3.8, 4) is 5.75 Å². The molecule has 2 aromatic rings. The van der Waals surface area contributed by atoms with E-state index in [1.165, 1.54) is 4.57 Å². The maximum atomic E-state index is 13.3. The molecule has 0 radical (unpaired) electrons. The van der Waals surface area contributed by atoms with Gasteiger partial charge in [0.25, 0.3) is 0 Å². The van der Waals surface area contributed by atoms with Crippen LogP contribution in [0.5, 0.6) is 5.75 Å². The van der Waals surface area contributed by atoms with E-state index in [1.54, 1.807) is 6.92 Å². The van der Waals surface area contributed by atoms with Crippen LogP contribution in [0.15, 0.2) is 23.0 Å². The minimum atomic E-state index is -3.03. The van der Waals surface area contributed by atoms with E-state index in [-0.39, 0.29) is 23.5 Å². The molecule has 0 saturated heterocycles. The molecular weight excluding hydrogens is 299 g/mol. The van der Waals surface area contributed by atoms with Crippen LogP contribution in [0.2, 0.25) is 0 Å². The van der Waals surface area contributed by atoms with Gasteiger partial charge < -0.3 is 4.74 Å². The number of alkyl halides is 2. The number of rotatable bonds is 6. The minimum Gasteiger partial charge on any atom is -0.434 e. The van der Waals surface area contributed by atoms with E-state index in [4.69, 9.17) is 0 Å². The van der Waals surface area contributed by atoms with Gasteiger partial charge in [-0.2, -0.15) is 13.9 Å². The van der Waals surface area contributed by atoms with Crippen LogP contribution in [0.4, 0.5) is 13.2 Å². The Bertz CT molecular complexity index is 710. The Kier molecular flexibility index (Phi) is 4.89. The van der Waals surface area contributed by atoms with E-state index in [2.05, 4.69) is 9.84 Å². The van der Waals surface area contributed by atoms with E-state index in [1.807, 2.05) is 6.92 Å². The topological polar surface area (TPSA) is 49.1 Å². The van der Waals surface area contributed by atoms with Crippen molar-refractivity contribution in [3.05, 3.63) is 45.9 Å². The first-order chi connectivity index (χ1) is 10.5. The normalized spacial score (nSPS) is 11.2. The first-order valence-corrected chi connectivity index (χ1v) is 6.86. The fourth-order valence-corrected chi connectivity index (χ4v) is 2.21. The van der Waals surface area contributed by atoms with Crippen LogP contribution in [0.1, 0.15) is 25.2 Å². The zero-order valence-electron chi connectivity index (χ0n) is 12.2. The SMILES string of the molecule is CCc1nn(Cc2cc(F)ccc2OC(F)F)c(=O)n1CC. The van der Waals surface area contributed by atoms with Gasteiger partial charge in [-0.3, -0.25) is 4.57 Å². The average molecular weight is 315 g/mol. The molecule has 2 rings (SSSR count). The van der Waals surface area contributed by atoms with Crippen LogP contribution in [0.25, 0.3) is 0 Å². The van der Waals surface area contributed by atoms with E-state index in [9.17, 15) is 18.0 Å². The highest BCUT2D eigenvalue weighted by molar-refractivity contribution is 5.34. The number of hydrogen-bond acceptors (Lipinski definition) is 3. The number of nitrogens with zero attached hydrogens (tertiary/aromatic N) is 3. The van der Waals surface area contributed by atoms with E-state index < -0.39 is 12.4 Å². The van der Waals surface area contributed by atoms with Crippen molar-refractivity contribution in [2.24, 2.45) is 0 Å². The molecule has 1 heterocycles. The number of aromatic nitrogens is 3. The molecule has 1 aromatic heterocycles. The fraction of sp³-hybridized carbons (Fsp3) is 0.429. The minimum absolute atomic E-state index is 0.130. The third kappa shape index (κ3) is 3.32. The summed E-state index contributed by atoms with van der Waals surface area (Å²) in [6, 6.07) is 3.19. The molecule has 0 amide bonds. The lowest BCUT2D eigenvalue weighted by atomic mass is 10.2. The van der Waals surface area contributed by atoms with Gasteiger partial charge in [0.2, 0.25) is 0 Å². The molecule has 0 unspecified atom stereocenters. The Morgan fingerprint density at radius 1 is 1.32 bits per heavy atom. The summed E-state index contributed by atoms with van der Waals surface area (Å²) in [5, 5.41) is 4.15. The molecule has 1 aromatic carbocycles. The van der Waals surface area contributed by atoms with Gasteiger partial charge in [-0.15, -0.1) is 0 Å². The predicted molar refractivity (Wildman–Crippen MR) is 73.7 cm³/mol. The van der Waals surface area contributed by atoms with Crippen molar-refractivity contribution < 1.29 is 17.9 Å². The average Bonchev–Trinajstić information content (AvgIpc) is 2.77. The summed E-state index contributed by atoms with van der Waals surface area (Å²) in [5.41, 5.74) is -0.239. The number of aryl methyl sites for hydroxylation is 1. The molecular formula is C14H16F3N3O2. The van der Waals surface area contributed by atoms with Crippen molar-refractivity contribution in [2.45, 2.75) is 40.0 Å². The highest BCUT2D eigenvalue weighted by Crippen LogP contribution is 2.22. The van der Waals surface area contributed by atoms with Crippen LogP contribution < -0.4 is 10.4 Å². The molecule has 0 atom stereocenters. The molecule has 0 saturated carbocycles. The quantitative estimate of drug-likeness (QED) is 0.822. The molecule has 0 aliphatic carbocycles. The van der Waals surface area contributed by atoms with Gasteiger partial charge in [-0.1, -0.05) is 6.92 Å². The van der Waals surface area contributed by atoms with Crippen LogP contribution in [0, 0.1) is 5.82 Å². The van der Waals surface area contributed by atoms with Crippen molar-refractivity contribution >= 4 is 0 Å². The first kappa shape index (κ1) is 16.1. The highest BCUT2D eigenvalue weighted by atomic mass is 19.3. The van der Waals surface area contributed by atoms with Gasteiger partial charge in [0.15, 0.2) is 0 Å².